The minimum absolute atomic E-state index is 0.270. The van der Waals surface area contributed by atoms with Gasteiger partial charge in [-0.25, -0.2) is 0 Å². The Labute approximate surface area is 93.5 Å². The molecule has 1 aromatic carbocycles. The molecule has 84 valence electrons. The summed E-state index contributed by atoms with van der Waals surface area (Å²) >= 11 is 0. The minimum Gasteiger partial charge on any atom is -0.371 e. The first-order chi connectivity index (χ1) is 7.24. The summed E-state index contributed by atoms with van der Waals surface area (Å²) in [7, 11) is 0. The van der Waals surface area contributed by atoms with Gasteiger partial charge in [-0.1, -0.05) is 50.1 Å². The molecule has 0 aliphatic heterocycles. The molecule has 0 bridgehead atoms. The quantitative estimate of drug-likeness (QED) is 0.672. The maximum absolute atomic E-state index is 5.94. The van der Waals surface area contributed by atoms with Crippen molar-refractivity contribution < 1.29 is 4.74 Å². The molecule has 0 amide bonds. The van der Waals surface area contributed by atoms with E-state index in [1.807, 2.05) is 0 Å². The van der Waals surface area contributed by atoms with Crippen molar-refractivity contribution in [3.8, 4) is 0 Å². The number of unbranched alkanes of at least 4 members (excludes halogenated alkanes) is 1. The van der Waals surface area contributed by atoms with Gasteiger partial charge < -0.3 is 4.74 Å². The molecule has 0 fully saturated rings. The maximum atomic E-state index is 5.94. The van der Waals surface area contributed by atoms with Crippen LogP contribution in [-0.4, -0.2) is 6.10 Å². The molecular weight excluding hydrogens is 184 g/mol. The zero-order valence-electron chi connectivity index (χ0n) is 10.1. The van der Waals surface area contributed by atoms with Crippen LogP contribution in [0, 0.1) is 0 Å². The summed E-state index contributed by atoms with van der Waals surface area (Å²) in [5.74, 6) is 0. The van der Waals surface area contributed by atoms with Crippen LogP contribution in [-0.2, 0) is 4.74 Å². The fourth-order valence-corrected chi connectivity index (χ4v) is 1.70. The zero-order valence-corrected chi connectivity index (χ0v) is 10.1. The fourth-order valence-electron chi connectivity index (χ4n) is 1.70. The van der Waals surface area contributed by atoms with Crippen molar-refractivity contribution in [1.82, 2.24) is 0 Å². The second-order valence-electron chi connectivity index (χ2n) is 4.23. The first-order valence-corrected chi connectivity index (χ1v) is 5.94. The molecule has 1 aromatic rings. The molecule has 0 aliphatic rings. The van der Waals surface area contributed by atoms with Crippen LogP contribution in [0.2, 0.25) is 0 Å². The number of hydrogen-bond acceptors (Lipinski definition) is 1. The third kappa shape index (κ3) is 4.48. The normalized spacial score (nSPS) is 13.1. The van der Waals surface area contributed by atoms with Crippen molar-refractivity contribution >= 4 is 0 Å². The lowest BCUT2D eigenvalue weighted by molar-refractivity contribution is 0.000571. The molecule has 1 atom stereocenters. The summed E-state index contributed by atoms with van der Waals surface area (Å²) in [5, 5.41) is 0. The minimum atomic E-state index is 0.270. The van der Waals surface area contributed by atoms with Gasteiger partial charge in [-0.2, -0.15) is 0 Å². The van der Waals surface area contributed by atoms with Crippen molar-refractivity contribution in [3.05, 3.63) is 35.9 Å². The van der Waals surface area contributed by atoms with E-state index in [4.69, 9.17) is 4.74 Å². The Hall–Kier alpha value is -0.820. The summed E-state index contributed by atoms with van der Waals surface area (Å²) in [6, 6.07) is 10.5. The lowest BCUT2D eigenvalue weighted by Gasteiger charge is -2.20. The lowest BCUT2D eigenvalue weighted by Crippen LogP contribution is -2.10. The highest BCUT2D eigenvalue weighted by Gasteiger charge is 2.12. The van der Waals surface area contributed by atoms with Crippen LogP contribution in [0.5, 0.6) is 0 Å². The van der Waals surface area contributed by atoms with Crippen LogP contribution in [0.25, 0.3) is 0 Å². The van der Waals surface area contributed by atoms with Crippen LogP contribution in [0.1, 0.15) is 51.7 Å². The molecule has 15 heavy (non-hydrogen) atoms. The largest absolute Gasteiger partial charge is 0.371 e. The van der Waals surface area contributed by atoms with Crippen molar-refractivity contribution in [2.75, 3.05) is 0 Å². The first kappa shape index (κ1) is 12.3. The van der Waals surface area contributed by atoms with Crippen molar-refractivity contribution in [2.45, 2.75) is 52.2 Å². The standard InChI is InChI=1S/C14H22O/c1-4-5-11-14(15-12(2)3)13-9-7-6-8-10-13/h6-10,12,14H,4-5,11H2,1-3H3. The van der Waals surface area contributed by atoms with Gasteiger partial charge in [0.1, 0.15) is 0 Å². The molecule has 0 heterocycles. The van der Waals surface area contributed by atoms with Crippen LogP contribution in [0.15, 0.2) is 30.3 Å². The molecule has 0 N–H and O–H groups in total. The molecule has 0 aliphatic carbocycles. The van der Waals surface area contributed by atoms with E-state index in [1.165, 1.54) is 18.4 Å². The van der Waals surface area contributed by atoms with E-state index in [-0.39, 0.29) is 6.10 Å². The average Bonchev–Trinajstić information content (AvgIpc) is 2.25. The molecule has 0 aromatic heterocycles. The van der Waals surface area contributed by atoms with Crippen molar-refractivity contribution in [2.24, 2.45) is 0 Å². The van der Waals surface area contributed by atoms with E-state index < -0.39 is 0 Å². The number of hydrogen-bond donors (Lipinski definition) is 0. The predicted octanol–water partition coefficient (Wildman–Crippen LogP) is 4.34. The van der Waals surface area contributed by atoms with Crippen molar-refractivity contribution in [1.29, 1.82) is 0 Å². The van der Waals surface area contributed by atoms with Crippen LogP contribution < -0.4 is 0 Å². The third-order valence-corrected chi connectivity index (χ3v) is 2.43. The van der Waals surface area contributed by atoms with Gasteiger partial charge in [-0.3, -0.25) is 0 Å². The second-order valence-corrected chi connectivity index (χ2v) is 4.23. The summed E-state index contributed by atoms with van der Waals surface area (Å²) in [4.78, 5) is 0. The van der Waals surface area contributed by atoms with E-state index in [0.29, 0.717) is 6.10 Å². The summed E-state index contributed by atoms with van der Waals surface area (Å²) in [6.45, 7) is 6.42. The topological polar surface area (TPSA) is 9.23 Å². The Balaban J connectivity index is 2.63. The molecule has 0 spiro atoms. The van der Waals surface area contributed by atoms with Gasteiger partial charge in [-0.05, 0) is 25.8 Å². The molecule has 0 saturated heterocycles. The SMILES string of the molecule is CCCCC(OC(C)C)c1ccccc1. The highest BCUT2D eigenvalue weighted by Crippen LogP contribution is 2.24. The number of rotatable bonds is 6. The fraction of sp³-hybridized carbons (Fsp3) is 0.571. The molecular formula is C14H22O. The van der Waals surface area contributed by atoms with Gasteiger partial charge in [0.25, 0.3) is 0 Å². The second kappa shape index (κ2) is 6.62. The van der Waals surface area contributed by atoms with Gasteiger partial charge in [0.15, 0.2) is 0 Å². The Morgan fingerprint density at radius 3 is 2.33 bits per heavy atom. The zero-order chi connectivity index (χ0) is 11.1. The van der Waals surface area contributed by atoms with E-state index in [9.17, 15) is 0 Å². The van der Waals surface area contributed by atoms with Crippen LogP contribution in [0.3, 0.4) is 0 Å². The van der Waals surface area contributed by atoms with Gasteiger partial charge in [0.05, 0.1) is 12.2 Å². The Bertz CT molecular complexity index is 253. The molecule has 1 unspecified atom stereocenters. The Morgan fingerprint density at radius 2 is 1.80 bits per heavy atom. The summed E-state index contributed by atoms with van der Waals surface area (Å²) in [6.07, 6.45) is 4.15. The molecule has 1 rings (SSSR count). The third-order valence-electron chi connectivity index (χ3n) is 2.43. The maximum Gasteiger partial charge on any atom is 0.0828 e. The van der Waals surface area contributed by atoms with Gasteiger partial charge in [0, 0.05) is 0 Å². The van der Waals surface area contributed by atoms with Gasteiger partial charge in [0.2, 0.25) is 0 Å². The average molecular weight is 206 g/mol. The molecule has 1 heteroatoms. The van der Waals surface area contributed by atoms with E-state index >= 15 is 0 Å². The van der Waals surface area contributed by atoms with E-state index in [1.54, 1.807) is 0 Å². The lowest BCUT2D eigenvalue weighted by atomic mass is 10.0. The van der Waals surface area contributed by atoms with Gasteiger partial charge >= 0.3 is 0 Å². The molecule has 1 nitrogen and oxygen atoms in total. The number of ether oxygens (including phenoxy) is 1. The van der Waals surface area contributed by atoms with Crippen LogP contribution >= 0.6 is 0 Å². The highest BCUT2D eigenvalue weighted by atomic mass is 16.5. The van der Waals surface area contributed by atoms with Gasteiger partial charge in [-0.15, -0.1) is 0 Å². The van der Waals surface area contributed by atoms with E-state index in [2.05, 4.69) is 51.1 Å². The Kier molecular flexibility index (Phi) is 5.41. The summed E-state index contributed by atoms with van der Waals surface area (Å²) in [5.41, 5.74) is 1.31. The van der Waals surface area contributed by atoms with E-state index in [0.717, 1.165) is 6.42 Å². The summed E-state index contributed by atoms with van der Waals surface area (Å²) < 4.78 is 5.94. The van der Waals surface area contributed by atoms with Crippen molar-refractivity contribution in [3.63, 3.8) is 0 Å². The predicted molar refractivity (Wildman–Crippen MR) is 64.9 cm³/mol. The monoisotopic (exact) mass is 206 g/mol. The highest BCUT2D eigenvalue weighted by molar-refractivity contribution is 5.17. The molecule has 0 radical (unpaired) electrons. The Morgan fingerprint density at radius 1 is 1.13 bits per heavy atom. The smallest absolute Gasteiger partial charge is 0.0828 e. The van der Waals surface area contributed by atoms with Crippen LogP contribution in [0.4, 0.5) is 0 Å². The molecule has 0 saturated carbocycles. The first-order valence-electron chi connectivity index (χ1n) is 5.94. The number of benzene rings is 1.